The molecule has 0 spiro atoms. The molecule has 0 aromatic heterocycles. The number of ether oxygens (including phenoxy) is 3. The summed E-state index contributed by atoms with van der Waals surface area (Å²) in [7, 11) is 1.72. The minimum absolute atomic E-state index is 0.0618. The number of hydrogen-bond acceptors (Lipinski definition) is 5. The van der Waals surface area contributed by atoms with Crippen LogP contribution in [0.25, 0.3) is 0 Å². The number of rotatable bonds is 10. The average molecular weight is 566 g/mol. The van der Waals surface area contributed by atoms with Crippen molar-refractivity contribution in [2.75, 3.05) is 26.9 Å². The maximum atomic E-state index is 14.0. The second-order valence-corrected chi connectivity index (χ2v) is 11.5. The number of esters is 1. The molecule has 1 saturated heterocycles. The molecule has 3 heterocycles. The molecule has 4 rings (SSSR count). The van der Waals surface area contributed by atoms with E-state index in [4.69, 9.17) is 14.2 Å². The van der Waals surface area contributed by atoms with Crippen molar-refractivity contribution in [2.24, 2.45) is 11.8 Å². The smallest absolute Gasteiger partial charge is 0.416 e. The molecular weight excluding hydrogens is 523 g/mol. The van der Waals surface area contributed by atoms with Gasteiger partial charge in [0.15, 0.2) is 0 Å². The number of fused-ring (bicyclic) bond motifs is 1. The Bertz CT molecular complexity index is 1120. The van der Waals surface area contributed by atoms with Crippen molar-refractivity contribution in [1.29, 1.82) is 0 Å². The third kappa shape index (κ3) is 6.25. The predicted molar refractivity (Wildman–Crippen MR) is 144 cm³/mol. The minimum Gasteiger partial charge on any atom is -0.451 e. The molecule has 3 aliphatic rings. The Hall–Kier alpha value is -2.39. The summed E-state index contributed by atoms with van der Waals surface area (Å²) in [6.45, 7) is 7.59. The van der Waals surface area contributed by atoms with Crippen molar-refractivity contribution in [3.05, 3.63) is 46.0 Å². The Morgan fingerprint density at radius 2 is 2.00 bits per heavy atom. The summed E-state index contributed by atoms with van der Waals surface area (Å²) in [5, 5.41) is 0. The van der Waals surface area contributed by atoms with Crippen LogP contribution in [0.15, 0.2) is 29.3 Å². The number of nitrogens with zero attached hydrogens (tertiary/aromatic N) is 1. The molecule has 4 atom stereocenters. The molecule has 0 aliphatic carbocycles. The van der Waals surface area contributed by atoms with Crippen LogP contribution < -0.4 is 0 Å². The van der Waals surface area contributed by atoms with Crippen LogP contribution in [0.4, 0.5) is 13.2 Å². The standard InChI is InChI=1S/C31H42F3NO5/c1-5-13-30(14-7-8-21(6-2)25-12-16-39-19-26(25)38-4)27(20(3)29(37)40-30)28(36)35-15-11-22-9-10-24(31(32,33)34)17-23(22)18-35/h9-10,17,21,25-26H,5-8,11-16,18-19H2,1-4H3. The van der Waals surface area contributed by atoms with Crippen LogP contribution in [0.1, 0.15) is 82.4 Å². The van der Waals surface area contributed by atoms with Crippen molar-refractivity contribution in [2.45, 2.75) is 96.6 Å². The van der Waals surface area contributed by atoms with E-state index in [1.165, 1.54) is 6.07 Å². The lowest BCUT2D eigenvalue weighted by Gasteiger charge is -2.37. The number of halogens is 3. The molecule has 1 amide bonds. The van der Waals surface area contributed by atoms with Gasteiger partial charge in [0.2, 0.25) is 0 Å². The summed E-state index contributed by atoms with van der Waals surface area (Å²) < 4.78 is 57.4. The third-order valence-corrected chi connectivity index (χ3v) is 9.07. The summed E-state index contributed by atoms with van der Waals surface area (Å²) in [5.74, 6) is 0.0286. The van der Waals surface area contributed by atoms with Gasteiger partial charge in [-0.05, 0) is 80.5 Å². The maximum absolute atomic E-state index is 14.0. The number of methoxy groups -OCH3 is 1. The molecule has 4 unspecified atom stereocenters. The molecule has 0 N–H and O–H groups in total. The van der Waals surface area contributed by atoms with Gasteiger partial charge in [-0.15, -0.1) is 0 Å². The topological polar surface area (TPSA) is 65.1 Å². The van der Waals surface area contributed by atoms with Crippen molar-refractivity contribution in [3.63, 3.8) is 0 Å². The van der Waals surface area contributed by atoms with Gasteiger partial charge in [0.05, 0.1) is 23.8 Å². The number of alkyl halides is 3. The number of carbonyl (C=O) groups is 2. The number of cyclic esters (lactones) is 1. The van der Waals surface area contributed by atoms with E-state index in [-0.39, 0.29) is 18.6 Å². The lowest BCUT2D eigenvalue weighted by atomic mass is 9.77. The van der Waals surface area contributed by atoms with Crippen LogP contribution in [0.2, 0.25) is 0 Å². The van der Waals surface area contributed by atoms with Crippen molar-refractivity contribution in [3.8, 4) is 0 Å². The molecular formula is C31H42F3NO5. The van der Waals surface area contributed by atoms with E-state index in [0.717, 1.165) is 56.4 Å². The highest BCUT2D eigenvalue weighted by atomic mass is 19.4. The van der Waals surface area contributed by atoms with E-state index in [2.05, 4.69) is 6.92 Å². The maximum Gasteiger partial charge on any atom is 0.416 e. The first-order valence-corrected chi connectivity index (χ1v) is 14.6. The Morgan fingerprint density at radius 3 is 2.67 bits per heavy atom. The summed E-state index contributed by atoms with van der Waals surface area (Å²) >= 11 is 0. The van der Waals surface area contributed by atoms with Crippen LogP contribution in [-0.2, 0) is 42.9 Å². The number of amides is 1. The van der Waals surface area contributed by atoms with Gasteiger partial charge in [0.1, 0.15) is 5.60 Å². The number of carbonyl (C=O) groups excluding carboxylic acids is 2. The Kier molecular flexibility index (Phi) is 9.66. The van der Waals surface area contributed by atoms with Gasteiger partial charge in [-0.25, -0.2) is 4.79 Å². The fourth-order valence-electron chi connectivity index (χ4n) is 6.93. The van der Waals surface area contributed by atoms with Crippen molar-refractivity contribution >= 4 is 11.9 Å². The Balaban J connectivity index is 1.53. The fraction of sp³-hybridized carbons (Fsp3) is 0.677. The van der Waals surface area contributed by atoms with Crippen molar-refractivity contribution in [1.82, 2.24) is 4.90 Å². The zero-order valence-corrected chi connectivity index (χ0v) is 24.1. The third-order valence-electron chi connectivity index (χ3n) is 9.07. The summed E-state index contributed by atoms with van der Waals surface area (Å²) in [5.41, 5.74) is 0.257. The normalized spacial score (nSPS) is 26.1. The van der Waals surface area contributed by atoms with Gasteiger partial charge in [-0.3, -0.25) is 4.79 Å². The molecule has 3 aliphatic heterocycles. The molecule has 222 valence electrons. The second kappa shape index (κ2) is 12.6. The van der Waals surface area contributed by atoms with Gasteiger partial charge in [-0.2, -0.15) is 13.2 Å². The summed E-state index contributed by atoms with van der Waals surface area (Å²) in [6.07, 6.45) is 1.49. The molecule has 0 radical (unpaired) electrons. The zero-order valence-electron chi connectivity index (χ0n) is 24.1. The minimum atomic E-state index is -4.45. The first-order valence-electron chi connectivity index (χ1n) is 14.6. The number of benzene rings is 1. The molecule has 0 bridgehead atoms. The summed E-state index contributed by atoms with van der Waals surface area (Å²) in [4.78, 5) is 28.5. The fourth-order valence-corrected chi connectivity index (χ4v) is 6.93. The molecule has 40 heavy (non-hydrogen) atoms. The highest BCUT2D eigenvalue weighted by Gasteiger charge is 2.49. The first kappa shape index (κ1) is 30.6. The average Bonchev–Trinajstić information content (AvgIpc) is 3.18. The van der Waals surface area contributed by atoms with E-state index in [1.807, 2.05) is 6.92 Å². The predicted octanol–water partition coefficient (Wildman–Crippen LogP) is 6.25. The Labute approximate surface area is 235 Å². The number of hydrogen-bond donors (Lipinski definition) is 0. The molecule has 0 saturated carbocycles. The molecule has 1 aromatic carbocycles. The lowest BCUT2D eigenvalue weighted by molar-refractivity contribution is -0.149. The van der Waals surface area contributed by atoms with Gasteiger partial charge >= 0.3 is 12.1 Å². The van der Waals surface area contributed by atoms with Crippen molar-refractivity contribution < 1.29 is 37.0 Å². The van der Waals surface area contributed by atoms with Gasteiger partial charge in [0, 0.05) is 32.4 Å². The molecule has 1 aromatic rings. The van der Waals surface area contributed by atoms with E-state index < -0.39 is 23.3 Å². The SMILES string of the molecule is CCCC1(CCCC(CC)C2CCOCC2OC)OC(=O)C(C)=C1C(=O)N1CCc2ccc(C(F)(F)F)cc2C1. The van der Waals surface area contributed by atoms with E-state index >= 15 is 0 Å². The van der Waals surface area contributed by atoms with Gasteiger partial charge in [-0.1, -0.05) is 32.8 Å². The van der Waals surface area contributed by atoms with Crippen LogP contribution in [0, 0.1) is 11.8 Å². The largest absolute Gasteiger partial charge is 0.451 e. The summed E-state index contributed by atoms with van der Waals surface area (Å²) in [6, 6.07) is 3.74. The van der Waals surface area contributed by atoms with Gasteiger partial charge < -0.3 is 19.1 Å². The first-order chi connectivity index (χ1) is 19.0. The highest BCUT2D eigenvalue weighted by Crippen LogP contribution is 2.43. The zero-order chi connectivity index (χ0) is 29.1. The molecule has 1 fully saturated rings. The second-order valence-electron chi connectivity index (χ2n) is 11.5. The van der Waals surface area contributed by atoms with Crippen LogP contribution in [0.5, 0.6) is 0 Å². The van der Waals surface area contributed by atoms with Gasteiger partial charge in [0.25, 0.3) is 5.91 Å². The van der Waals surface area contributed by atoms with Crippen LogP contribution in [0.3, 0.4) is 0 Å². The molecule has 6 nitrogen and oxygen atoms in total. The Morgan fingerprint density at radius 1 is 1.23 bits per heavy atom. The monoisotopic (exact) mass is 565 g/mol. The molecule has 9 heteroatoms. The van der Waals surface area contributed by atoms with E-state index in [0.29, 0.717) is 61.0 Å². The van der Waals surface area contributed by atoms with Crippen LogP contribution in [-0.4, -0.2) is 55.3 Å². The lowest BCUT2D eigenvalue weighted by Crippen LogP contribution is -2.44. The van der Waals surface area contributed by atoms with E-state index in [9.17, 15) is 22.8 Å². The van der Waals surface area contributed by atoms with Crippen LogP contribution >= 0.6 is 0 Å². The quantitative estimate of drug-likeness (QED) is 0.314. The van der Waals surface area contributed by atoms with E-state index in [1.54, 1.807) is 18.9 Å². The highest BCUT2D eigenvalue weighted by molar-refractivity contribution is 6.07.